The molecule has 7 heteroatoms. The molecule has 0 fully saturated rings. The molecular weight excluding hydrogens is 426 g/mol. The molecule has 0 aliphatic carbocycles. The first-order valence-corrected chi connectivity index (χ1v) is 10.3. The van der Waals surface area contributed by atoms with Crippen molar-refractivity contribution in [3.05, 3.63) is 90.5 Å². The Bertz CT molecular complexity index is 1150. The number of fused-ring (bicyclic) bond motifs is 1. The summed E-state index contributed by atoms with van der Waals surface area (Å²) in [5, 5.41) is 16.2. The highest BCUT2D eigenvalue weighted by molar-refractivity contribution is 5.85. The second-order valence-corrected chi connectivity index (χ2v) is 7.49. The van der Waals surface area contributed by atoms with Gasteiger partial charge in [-0.2, -0.15) is 0 Å². The van der Waals surface area contributed by atoms with Crippen molar-refractivity contribution < 1.29 is 14.6 Å². The Labute approximate surface area is 194 Å². The molecule has 0 spiro atoms. The molecule has 0 amide bonds. The van der Waals surface area contributed by atoms with Crippen LogP contribution in [0.2, 0.25) is 0 Å². The molecule has 1 heterocycles. The largest absolute Gasteiger partial charge is 0.497 e. The number of benzene rings is 3. The molecule has 3 aromatic carbocycles. The van der Waals surface area contributed by atoms with Crippen LogP contribution in [0.4, 0.5) is 0 Å². The minimum absolute atomic E-state index is 0. The summed E-state index contributed by atoms with van der Waals surface area (Å²) in [6, 6.07) is 21.7. The predicted molar refractivity (Wildman–Crippen MR) is 129 cm³/mol. The third kappa shape index (κ3) is 5.59. The molecule has 4 rings (SSSR count). The second-order valence-electron chi connectivity index (χ2n) is 7.49. The summed E-state index contributed by atoms with van der Waals surface area (Å²) in [6.07, 6.45) is 2.99. The van der Waals surface area contributed by atoms with E-state index >= 15 is 0 Å². The van der Waals surface area contributed by atoms with E-state index in [2.05, 4.69) is 16.4 Å². The van der Waals surface area contributed by atoms with E-state index in [1.807, 2.05) is 78.5 Å². The minimum Gasteiger partial charge on any atom is -0.497 e. The summed E-state index contributed by atoms with van der Waals surface area (Å²) in [5.41, 5.74) is 1.01. The van der Waals surface area contributed by atoms with Crippen LogP contribution in [0, 0.1) is 0 Å². The SMILES string of the molecule is COc1cccc(C(NCC(O)COc2ccc3ccccc3c2)c2nccn2C)c1.Cl. The van der Waals surface area contributed by atoms with E-state index in [4.69, 9.17) is 9.47 Å². The second kappa shape index (κ2) is 11.0. The average molecular weight is 454 g/mol. The van der Waals surface area contributed by atoms with E-state index in [-0.39, 0.29) is 25.1 Å². The lowest BCUT2D eigenvalue weighted by molar-refractivity contribution is 0.104. The standard InChI is InChI=1S/C25H27N3O3.ClH/c1-28-13-12-26-25(28)24(20-8-5-9-22(15-20)30-2)27-16-21(29)17-31-23-11-10-18-6-3-4-7-19(18)14-23;/h3-15,21,24,27,29H,16-17H2,1-2H3;1H. The Hall–Kier alpha value is -3.06. The van der Waals surface area contributed by atoms with Gasteiger partial charge in [0.15, 0.2) is 0 Å². The molecule has 1 aromatic heterocycles. The number of hydrogen-bond donors (Lipinski definition) is 2. The molecule has 2 unspecified atom stereocenters. The van der Waals surface area contributed by atoms with Crippen molar-refractivity contribution in [3.63, 3.8) is 0 Å². The van der Waals surface area contributed by atoms with Gasteiger partial charge >= 0.3 is 0 Å². The molecule has 0 saturated carbocycles. The van der Waals surface area contributed by atoms with Crippen LogP contribution in [0.3, 0.4) is 0 Å². The van der Waals surface area contributed by atoms with Gasteiger partial charge in [-0.05, 0) is 40.6 Å². The first-order chi connectivity index (χ1) is 15.1. The van der Waals surface area contributed by atoms with Crippen LogP contribution in [0.15, 0.2) is 79.1 Å². The van der Waals surface area contributed by atoms with Gasteiger partial charge in [-0.15, -0.1) is 12.4 Å². The van der Waals surface area contributed by atoms with Gasteiger partial charge < -0.3 is 24.5 Å². The highest BCUT2D eigenvalue weighted by Gasteiger charge is 2.20. The number of hydrogen-bond acceptors (Lipinski definition) is 5. The normalized spacial score (nSPS) is 12.7. The number of rotatable bonds is 9. The number of nitrogens with zero attached hydrogens (tertiary/aromatic N) is 2. The Kier molecular flexibility index (Phi) is 8.11. The summed E-state index contributed by atoms with van der Waals surface area (Å²) in [5.74, 6) is 2.38. The number of aryl methyl sites for hydroxylation is 1. The van der Waals surface area contributed by atoms with E-state index in [0.29, 0.717) is 6.54 Å². The number of nitrogens with one attached hydrogen (secondary N) is 1. The maximum absolute atomic E-state index is 10.5. The van der Waals surface area contributed by atoms with Gasteiger partial charge in [0.1, 0.15) is 30.0 Å². The van der Waals surface area contributed by atoms with Crippen molar-refractivity contribution in [1.82, 2.24) is 14.9 Å². The van der Waals surface area contributed by atoms with Crippen molar-refractivity contribution in [2.24, 2.45) is 7.05 Å². The highest BCUT2D eigenvalue weighted by Crippen LogP contribution is 2.24. The highest BCUT2D eigenvalue weighted by atomic mass is 35.5. The molecule has 0 bridgehead atoms. The van der Waals surface area contributed by atoms with Crippen molar-refractivity contribution >= 4 is 23.2 Å². The maximum atomic E-state index is 10.5. The lowest BCUT2D eigenvalue weighted by Gasteiger charge is -2.22. The molecule has 0 aliphatic heterocycles. The van der Waals surface area contributed by atoms with Crippen molar-refractivity contribution in [3.8, 4) is 11.5 Å². The Balaban J connectivity index is 0.00000289. The first-order valence-electron chi connectivity index (χ1n) is 10.3. The molecule has 0 aliphatic rings. The maximum Gasteiger partial charge on any atom is 0.130 e. The molecule has 4 aromatic rings. The fraction of sp³-hybridized carbons (Fsp3) is 0.240. The first kappa shape index (κ1) is 23.6. The molecule has 2 N–H and O–H groups in total. The zero-order valence-electron chi connectivity index (χ0n) is 18.1. The molecule has 32 heavy (non-hydrogen) atoms. The summed E-state index contributed by atoms with van der Waals surface area (Å²) in [6.45, 7) is 0.541. The third-order valence-electron chi connectivity index (χ3n) is 5.26. The summed E-state index contributed by atoms with van der Waals surface area (Å²) < 4.78 is 13.2. The average Bonchev–Trinajstić information content (AvgIpc) is 3.23. The Morgan fingerprint density at radius 2 is 1.81 bits per heavy atom. The molecular formula is C25H28ClN3O3. The van der Waals surface area contributed by atoms with E-state index in [9.17, 15) is 5.11 Å². The number of ether oxygens (including phenoxy) is 2. The number of aliphatic hydroxyl groups is 1. The van der Waals surface area contributed by atoms with Crippen LogP contribution < -0.4 is 14.8 Å². The smallest absolute Gasteiger partial charge is 0.130 e. The van der Waals surface area contributed by atoms with E-state index in [1.165, 1.54) is 0 Å². The van der Waals surface area contributed by atoms with Crippen LogP contribution in [-0.4, -0.2) is 41.0 Å². The van der Waals surface area contributed by atoms with Crippen molar-refractivity contribution in [2.75, 3.05) is 20.3 Å². The number of aromatic nitrogens is 2. The number of aliphatic hydroxyl groups excluding tert-OH is 1. The van der Waals surface area contributed by atoms with Crippen LogP contribution in [0.25, 0.3) is 10.8 Å². The third-order valence-corrected chi connectivity index (χ3v) is 5.26. The lowest BCUT2D eigenvalue weighted by atomic mass is 10.1. The van der Waals surface area contributed by atoms with Crippen LogP contribution >= 0.6 is 12.4 Å². The minimum atomic E-state index is -0.681. The summed E-state index contributed by atoms with van der Waals surface area (Å²) in [4.78, 5) is 4.50. The summed E-state index contributed by atoms with van der Waals surface area (Å²) in [7, 11) is 3.60. The lowest BCUT2D eigenvalue weighted by Crippen LogP contribution is -2.35. The molecule has 6 nitrogen and oxygen atoms in total. The van der Waals surface area contributed by atoms with Gasteiger partial charge in [-0.25, -0.2) is 4.98 Å². The van der Waals surface area contributed by atoms with Gasteiger partial charge in [0.2, 0.25) is 0 Å². The van der Waals surface area contributed by atoms with Crippen molar-refractivity contribution in [2.45, 2.75) is 12.1 Å². The van der Waals surface area contributed by atoms with Gasteiger partial charge in [0, 0.05) is 26.0 Å². The van der Waals surface area contributed by atoms with Crippen LogP contribution in [-0.2, 0) is 7.05 Å². The molecule has 0 saturated heterocycles. The summed E-state index contributed by atoms with van der Waals surface area (Å²) >= 11 is 0. The fourth-order valence-corrected chi connectivity index (χ4v) is 3.60. The van der Waals surface area contributed by atoms with E-state index in [0.717, 1.165) is 33.7 Å². The quantitative estimate of drug-likeness (QED) is 0.399. The predicted octanol–water partition coefficient (Wildman–Crippen LogP) is 4.12. The van der Waals surface area contributed by atoms with Gasteiger partial charge in [0.25, 0.3) is 0 Å². The Morgan fingerprint density at radius 3 is 2.56 bits per heavy atom. The van der Waals surface area contributed by atoms with E-state index < -0.39 is 6.10 Å². The van der Waals surface area contributed by atoms with E-state index in [1.54, 1.807) is 13.3 Å². The van der Waals surface area contributed by atoms with Crippen LogP contribution in [0.1, 0.15) is 17.4 Å². The van der Waals surface area contributed by atoms with Gasteiger partial charge in [0.05, 0.1) is 13.2 Å². The van der Waals surface area contributed by atoms with Crippen molar-refractivity contribution in [1.29, 1.82) is 0 Å². The Morgan fingerprint density at radius 1 is 1.00 bits per heavy atom. The topological polar surface area (TPSA) is 68.5 Å². The fourth-order valence-electron chi connectivity index (χ4n) is 3.60. The molecule has 2 atom stereocenters. The van der Waals surface area contributed by atoms with Crippen LogP contribution in [0.5, 0.6) is 11.5 Å². The van der Waals surface area contributed by atoms with Gasteiger partial charge in [-0.3, -0.25) is 0 Å². The van der Waals surface area contributed by atoms with Gasteiger partial charge in [-0.1, -0.05) is 42.5 Å². The number of methoxy groups -OCH3 is 1. The molecule has 168 valence electrons. The molecule has 0 radical (unpaired) electrons. The number of halogens is 1. The zero-order chi connectivity index (χ0) is 21.6. The zero-order valence-corrected chi connectivity index (χ0v) is 19.0. The number of imidazole rings is 1. The monoisotopic (exact) mass is 453 g/mol.